The van der Waals surface area contributed by atoms with Crippen molar-refractivity contribution < 1.29 is 5.21 Å². The molecule has 94 valence electrons. The maximum atomic E-state index is 9.00. The lowest BCUT2D eigenvalue weighted by atomic mass is 9.99. The van der Waals surface area contributed by atoms with Gasteiger partial charge in [0, 0.05) is 37.2 Å². The van der Waals surface area contributed by atoms with E-state index in [9.17, 15) is 0 Å². The fourth-order valence-corrected chi connectivity index (χ4v) is 2.33. The molecule has 0 aliphatic carbocycles. The predicted molar refractivity (Wildman–Crippen MR) is 71.1 cm³/mol. The van der Waals surface area contributed by atoms with Crippen LogP contribution in [0.3, 0.4) is 0 Å². The third kappa shape index (κ3) is 2.62. The van der Waals surface area contributed by atoms with Crippen LogP contribution in [0.2, 0.25) is 0 Å². The van der Waals surface area contributed by atoms with E-state index in [0.717, 1.165) is 49.3 Å². The number of fused-ring (bicyclic) bond motifs is 1. The minimum atomic E-state index is 0.624. The number of hydrogen-bond acceptors (Lipinski definition) is 4. The highest BCUT2D eigenvalue weighted by molar-refractivity contribution is 6.06. The first-order valence-corrected chi connectivity index (χ1v) is 6.29. The first kappa shape index (κ1) is 12.4. The van der Waals surface area contributed by atoms with E-state index in [-0.39, 0.29) is 0 Å². The molecule has 0 unspecified atom stereocenters. The van der Waals surface area contributed by atoms with Crippen LogP contribution in [0.1, 0.15) is 31.2 Å². The summed E-state index contributed by atoms with van der Waals surface area (Å²) in [7, 11) is 0. The number of nitrogens with zero attached hydrogens (tertiary/aromatic N) is 3. The molecule has 0 bridgehead atoms. The molecule has 0 spiro atoms. The average molecular weight is 243 g/mol. The zero-order valence-electron chi connectivity index (χ0n) is 10.3. The number of rotatable bonds is 4. The second kappa shape index (κ2) is 6.06. The van der Waals surface area contributed by atoms with Crippen molar-refractivity contribution in [1.82, 2.24) is 0 Å². The Balaban J connectivity index is 2.08. The van der Waals surface area contributed by atoms with E-state index in [2.05, 4.69) is 22.2 Å². The van der Waals surface area contributed by atoms with Gasteiger partial charge in [-0.05, 0) is 18.9 Å². The molecule has 2 rings (SSSR count). The standard InChI is InChI=1S/C14H17N3O/c15-9-4-1-5-10-17-11-8-13(16-18)12-6-2-3-7-14(12)17/h2-3,6-7,18H,1,4-5,8,10-11H2. The molecule has 4 heteroatoms. The van der Waals surface area contributed by atoms with E-state index >= 15 is 0 Å². The summed E-state index contributed by atoms with van der Waals surface area (Å²) in [5.41, 5.74) is 2.92. The van der Waals surface area contributed by atoms with Crippen molar-refractivity contribution in [3.8, 4) is 6.07 Å². The molecule has 0 amide bonds. The van der Waals surface area contributed by atoms with Gasteiger partial charge in [-0.25, -0.2) is 0 Å². The van der Waals surface area contributed by atoms with Gasteiger partial charge in [-0.15, -0.1) is 0 Å². The van der Waals surface area contributed by atoms with Gasteiger partial charge in [0.1, 0.15) is 0 Å². The van der Waals surface area contributed by atoms with E-state index < -0.39 is 0 Å². The second-order valence-corrected chi connectivity index (χ2v) is 4.42. The number of hydrogen-bond donors (Lipinski definition) is 1. The summed E-state index contributed by atoms with van der Waals surface area (Å²) in [5, 5.41) is 20.9. The number of nitriles is 1. The van der Waals surface area contributed by atoms with Gasteiger partial charge in [0.25, 0.3) is 0 Å². The number of unbranched alkanes of at least 4 members (excludes halogenated alkanes) is 2. The molecule has 0 saturated heterocycles. The van der Waals surface area contributed by atoms with E-state index in [1.54, 1.807) is 0 Å². The fourth-order valence-electron chi connectivity index (χ4n) is 2.33. The molecule has 0 fully saturated rings. The van der Waals surface area contributed by atoms with Gasteiger partial charge < -0.3 is 10.1 Å². The average Bonchev–Trinajstić information content (AvgIpc) is 2.43. The maximum Gasteiger partial charge on any atom is 0.0906 e. The molecule has 1 aromatic carbocycles. The van der Waals surface area contributed by atoms with Gasteiger partial charge in [0.05, 0.1) is 11.8 Å². The normalized spacial score (nSPS) is 16.4. The fraction of sp³-hybridized carbons (Fsp3) is 0.429. The van der Waals surface area contributed by atoms with Crippen LogP contribution in [-0.4, -0.2) is 24.0 Å². The summed E-state index contributed by atoms with van der Waals surface area (Å²) in [4.78, 5) is 2.31. The van der Waals surface area contributed by atoms with Crippen molar-refractivity contribution in [1.29, 1.82) is 5.26 Å². The minimum absolute atomic E-state index is 0.624. The number of oxime groups is 1. The molecule has 0 saturated carbocycles. The number of benzene rings is 1. The van der Waals surface area contributed by atoms with Crippen LogP contribution in [0.25, 0.3) is 0 Å². The predicted octanol–water partition coefficient (Wildman–Crippen LogP) is 2.77. The summed E-state index contributed by atoms with van der Waals surface area (Å²) in [6.45, 7) is 1.83. The summed E-state index contributed by atoms with van der Waals surface area (Å²) in [6.07, 6.45) is 3.36. The lowest BCUT2D eigenvalue weighted by Crippen LogP contribution is -2.33. The Kier molecular flexibility index (Phi) is 4.19. The number of para-hydroxylation sites is 1. The van der Waals surface area contributed by atoms with E-state index in [1.165, 1.54) is 0 Å². The molecule has 0 atom stereocenters. The Bertz CT molecular complexity index is 476. The molecule has 1 aliphatic heterocycles. The summed E-state index contributed by atoms with van der Waals surface area (Å²) < 4.78 is 0. The maximum absolute atomic E-state index is 9.00. The van der Waals surface area contributed by atoms with Gasteiger partial charge in [0.15, 0.2) is 0 Å². The van der Waals surface area contributed by atoms with Gasteiger partial charge in [-0.2, -0.15) is 5.26 Å². The highest BCUT2D eigenvalue weighted by Crippen LogP contribution is 2.27. The van der Waals surface area contributed by atoms with Gasteiger partial charge >= 0.3 is 0 Å². The Morgan fingerprint density at radius 1 is 1.33 bits per heavy atom. The van der Waals surface area contributed by atoms with E-state index in [4.69, 9.17) is 10.5 Å². The summed E-state index contributed by atoms with van der Waals surface area (Å²) in [5.74, 6) is 0. The molecule has 1 aliphatic rings. The molecule has 4 nitrogen and oxygen atoms in total. The largest absolute Gasteiger partial charge is 0.411 e. The third-order valence-electron chi connectivity index (χ3n) is 3.26. The third-order valence-corrected chi connectivity index (χ3v) is 3.26. The minimum Gasteiger partial charge on any atom is -0.411 e. The van der Waals surface area contributed by atoms with Crippen molar-refractivity contribution in [3.05, 3.63) is 29.8 Å². The van der Waals surface area contributed by atoms with Crippen molar-refractivity contribution in [2.24, 2.45) is 5.16 Å². The highest BCUT2D eigenvalue weighted by Gasteiger charge is 2.20. The Labute approximate surface area is 107 Å². The van der Waals surface area contributed by atoms with E-state index in [1.807, 2.05) is 18.2 Å². The van der Waals surface area contributed by atoms with Crippen molar-refractivity contribution >= 4 is 11.4 Å². The second-order valence-electron chi connectivity index (χ2n) is 4.42. The molecule has 1 heterocycles. The van der Waals surface area contributed by atoms with Crippen LogP contribution in [0.15, 0.2) is 29.4 Å². The Hall–Kier alpha value is -2.02. The van der Waals surface area contributed by atoms with Crippen LogP contribution >= 0.6 is 0 Å². The van der Waals surface area contributed by atoms with Crippen LogP contribution in [0, 0.1) is 11.3 Å². The first-order valence-electron chi connectivity index (χ1n) is 6.29. The molecule has 0 aromatic heterocycles. The Morgan fingerprint density at radius 3 is 2.94 bits per heavy atom. The topological polar surface area (TPSA) is 59.6 Å². The van der Waals surface area contributed by atoms with Gasteiger partial charge in [-0.1, -0.05) is 23.4 Å². The Morgan fingerprint density at radius 2 is 2.17 bits per heavy atom. The van der Waals surface area contributed by atoms with Crippen LogP contribution in [0.4, 0.5) is 5.69 Å². The zero-order chi connectivity index (χ0) is 12.8. The van der Waals surface area contributed by atoms with Crippen molar-refractivity contribution in [2.45, 2.75) is 25.7 Å². The summed E-state index contributed by atoms with van der Waals surface area (Å²) in [6, 6.07) is 10.2. The molecular formula is C14H17N3O. The van der Waals surface area contributed by atoms with Crippen molar-refractivity contribution in [2.75, 3.05) is 18.0 Å². The highest BCUT2D eigenvalue weighted by atomic mass is 16.4. The zero-order valence-corrected chi connectivity index (χ0v) is 10.3. The summed E-state index contributed by atoms with van der Waals surface area (Å²) >= 11 is 0. The number of anilines is 1. The lowest BCUT2D eigenvalue weighted by molar-refractivity contribution is 0.317. The SMILES string of the molecule is N#CCCCCN1CCC(=NO)c2ccccc21. The molecule has 1 aromatic rings. The molecule has 18 heavy (non-hydrogen) atoms. The van der Waals surface area contributed by atoms with E-state index in [0.29, 0.717) is 6.42 Å². The van der Waals surface area contributed by atoms with Crippen molar-refractivity contribution in [3.63, 3.8) is 0 Å². The quantitative estimate of drug-likeness (QED) is 0.502. The first-order chi connectivity index (χ1) is 8.86. The van der Waals surface area contributed by atoms with Crippen LogP contribution in [0.5, 0.6) is 0 Å². The van der Waals surface area contributed by atoms with Crippen LogP contribution < -0.4 is 4.90 Å². The molecule has 0 radical (unpaired) electrons. The van der Waals surface area contributed by atoms with Crippen LogP contribution in [-0.2, 0) is 0 Å². The smallest absolute Gasteiger partial charge is 0.0906 e. The monoisotopic (exact) mass is 243 g/mol. The van der Waals surface area contributed by atoms with Gasteiger partial charge in [-0.3, -0.25) is 0 Å². The van der Waals surface area contributed by atoms with Gasteiger partial charge in [0.2, 0.25) is 0 Å². The lowest BCUT2D eigenvalue weighted by Gasteiger charge is -2.31. The molecular weight excluding hydrogens is 226 g/mol. The molecule has 1 N–H and O–H groups in total.